The number of hydrogen-bond acceptors (Lipinski definition) is 3. The predicted octanol–water partition coefficient (Wildman–Crippen LogP) is 14.5. The third kappa shape index (κ3) is 6.48. The number of para-hydroxylation sites is 1. The van der Waals surface area contributed by atoms with Gasteiger partial charge in [0.1, 0.15) is 11.2 Å². The number of anilines is 6. The van der Waals surface area contributed by atoms with Crippen molar-refractivity contribution in [3.05, 3.63) is 162 Å². The molecule has 3 heterocycles. The van der Waals surface area contributed by atoms with E-state index in [0.29, 0.717) is 0 Å². The lowest BCUT2D eigenvalue weighted by Gasteiger charge is -2.45. The summed E-state index contributed by atoms with van der Waals surface area (Å²) in [6, 6.07) is 53.0. The molecule has 7 aromatic carbocycles. The summed E-state index contributed by atoms with van der Waals surface area (Å²) >= 11 is 0. The minimum atomic E-state index is -0.110. The summed E-state index contributed by atoms with van der Waals surface area (Å²) in [5, 5.41) is 2.29. The molecule has 0 saturated carbocycles. The second-order valence-electron chi connectivity index (χ2n) is 22.0. The maximum Gasteiger partial charge on any atom is 0.252 e. The molecule has 0 bridgehead atoms. The first-order valence-corrected chi connectivity index (χ1v) is 22.5. The summed E-state index contributed by atoms with van der Waals surface area (Å²) in [4.78, 5) is 5.14. The van der Waals surface area contributed by atoms with E-state index in [-0.39, 0.29) is 28.4 Å². The fourth-order valence-electron chi connectivity index (χ4n) is 9.87. The molecule has 0 saturated heterocycles. The Morgan fingerprint density at radius 1 is 0.403 bits per heavy atom. The highest BCUT2D eigenvalue weighted by atomic mass is 16.3. The number of benzene rings is 7. The molecule has 310 valence electrons. The molecular weight excluding hydrogens is 751 g/mol. The molecule has 0 amide bonds. The Morgan fingerprint density at radius 3 is 1.50 bits per heavy atom. The van der Waals surface area contributed by atoms with Gasteiger partial charge in [0.05, 0.1) is 0 Å². The quantitative estimate of drug-likeness (QED) is 0.166. The number of hydrogen-bond donors (Lipinski definition) is 0. The van der Waals surface area contributed by atoms with Crippen LogP contribution in [0.5, 0.6) is 0 Å². The maximum atomic E-state index is 6.39. The van der Waals surface area contributed by atoms with Crippen LogP contribution in [0.1, 0.15) is 105 Å². The fraction of sp³-hybridized carbons (Fsp3) is 0.276. The van der Waals surface area contributed by atoms with Crippen molar-refractivity contribution >= 4 is 79.2 Å². The van der Waals surface area contributed by atoms with Gasteiger partial charge in [0.15, 0.2) is 0 Å². The van der Waals surface area contributed by atoms with Gasteiger partial charge in [-0.15, -0.1) is 0 Å². The van der Waals surface area contributed by atoms with Gasteiger partial charge in [-0.1, -0.05) is 162 Å². The molecule has 0 unspecified atom stereocenters. The highest BCUT2D eigenvalue weighted by Crippen LogP contribution is 2.48. The van der Waals surface area contributed by atoms with Crippen molar-refractivity contribution in [2.24, 2.45) is 0 Å². The smallest absolute Gasteiger partial charge is 0.252 e. The number of fused-ring (bicyclic) bond motifs is 7. The molecule has 10 rings (SSSR count). The molecule has 0 spiro atoms. The van der Waals surface area contributed by atoms with Gasteiger partial charge in [-0.25, -0.2) is 0 Å². The van der Waals surface area contributed by atoms with Crippen LogP contribution in [0.2, 0.25) is 0 Å². The minimum Gasteiger partial charge on any atom is -0.456 e. The molecule has 2 aliphatic rings. The van der Waals surface area contributed by atoms with Crippen molar-refractivity contribution in [3.63, 3.8) is 0 Å². The maximum absolute atomic E-state index is 6.39. The number of furan rings is 1. The highest BCUT2D eigenvalue weighted by Gasteiger charge is 2.45. The summed E-state index contributed by atoms with van der Waals surface area (Å²) in [6.45, 7) is 28.0. The first kappa shape index (κ1) is 40.1. The monoisotopic (exact) mass is 810 g/mol. The molecule has 0 radical (unpaired) electrons. The SMILES string of the molecule is CC(C)(C)c1ccc(N2c3ccc(C(C)(C)C)cc3B3c4cc(C(C)(C)C)ccc4N(c4cccc(-c5cccc6oc7ccccc7c56)c4)c4cc(C(C)(C)C)cc2c43)cc1. The Bertz CT molecular complexity index is 3070. The standard InChI is InChI=1S/C58H59BN2O/c1-55(2,3)37-23-27-41(28-24-37)60-47-29-25-38(56(4,5)6)32-45(47)59-46-33-39(57(7,8)9)26-30-48(46)61(50-35-40(58(10,11)12)34-49(60)54(50)59)42-18-15-17-36(31-42)43-20-16-22-52-53(43)44-19-13-14-21-51(44)62-52/h13-35H,1-12H3. The molecule has 0 aliphatic carbocycles. The van der Waals surface area contributed by atoms with E-state index in [0.717, 1.165) is 33.2 Å². The van der Waals surface area contributed by atoms with Crippen LogP contribution in [-0.2, 0) is 21.7 Å². The van der Waals surface area contributed by atoms with E-state index < -0.39 is 0 Å². The first-order valence-electron chi connectivity index (χ1n) is 22.5. The van der Waals surface area contributed by atoms with Gasteiger partial charge in [-0.2, -0.15) is 0 Å². The number of nitrogens with zero attached hydrogens (tertiary/aromatic N) is 2. The minimum absolute atomic E-state index is 0.0200. The van der Waals surface area contributed by atoms with Gasteiger partial charge in [0.25, 0.3) is 6.71 Å². The summed E-state index contributed by atoms with van der Waals surface area (Å²) in [6.07, 6.45) is 0. The van der Waals surface area contributed by atoms with Gasteiger partial charge < -0.3 is 14.2 Å². The lowest BCUT2D eigenvalue weighted by atomic mass is 9.33. The van der Waals surface area contributed by atoms with E-state index >= 15 is 0 Å². The summed E-state index contributed by atoms with van der Waals surface area (Å²) in [5.41, 5.74) is 20.7. The van der Waals surface area contributed by atoms with E-state index in [9.17, 15) is 0 Å². The van der Waals surface area contributed by atoms with Crippen LogP contribution in [0, 0.1) is 0 Å². The zero-order valence-corrected chi connectivity index (χ0v) is 38.7. The Hall–Kier alpha value is -6.00. The second-order valence-corrected chi connectivity index (χ2v) is 22.0. The molecule has 62 heavy (non-hydrogen) atoms. The van der Waals surface area contributed by atoms with Gasteiger partial charge in [0, 0.05) is 44.9 Å². The fourth-order valence-corrected chi connectivity index (χ4v) is 9.87. The van der Waals surface area contributed by atoms with Gasteiger partial charge >= 0.3 is 0 Å². The van der Waals surface area contributed by atoms with Crippen molar-refractivity contribution in [2.75, 3.05) is 9.80 Å². The van der Waals surface area contributed by atoms with E-state index in [4.69, 9.17) is 4.42 Å². The summed E-state index contributed by atoms with van der Waals surface area (Å²) in [5.74, 6) is 0. The van der Waals surface area contributed by atoms with Gasteiger partial charge in [0.2, 0.25) is 0 Å². The van der Waals surface area contributed by atoms with E-state index in [1.54, 1.807) is 0 Å². The Balaban J connectivity index is 1.29. The molecule has 4 heteroatoms. The zero-order valence-electron chi connectivity index (χ0n) is 38.7. The Morgan fingerprint density at radius 2 is 0.919 bits per heavy atom. The van der Waals surface area contributed by atoms with Crippen molar-refractivity contribution < 1.29 is 4.42 Å². The summed E-state index contributed by atoms with van der Waals surface area (Å²) < 4.78 is 6.39. The van der Waals surface area contributed by atoms with Crippen LogP contribution in [0.4, 0.5) is 34.1 Å². The molecule has 1 aromatic heterocycles. The average molecular weight is 811 g/mol. The molecule has 0 fully saturated rings. The van der Waals surface area contributed by atoms with Crippen LogP contribution in [0.15, 0.2) is 144 Å². The zero-order chi connectivity index (χ0) is 43.7. The van der Waals surface area contributed by atoms with E-state index in [2.05, 4.69) is 226 Å². The van der Waals surface area contributed by atoms with Gasteiger partial charge in [-0.3, -0.25) is 0 Å². The Labute approximate surface area is 369 Å². The number of rotatable bonds is 3. The summed E-state index contributed by atoms with van der Waals surface area (Å²) in [7, 11) is 0. The third-order valence-electron chi connectivity index (χ3n) is 13.5. The molecule has 2 aliphatic heterocycles. The highest BCUT2D eigenvalue weighted by molar-refractivity contribution is 7.00. The second kappa shape index (κ2) is 13.8. The van der Waals surface area contributed by atoms with Crippen molar-refractivity contribution in [1.82, 2.24) is 0 Å². The van der Waals surface area contributed by atoms with E-state index in [1.807, 2.05) is 6.07 Å². The molecule has 8 aromatic rings. The largest absolute Gasteiger partial charge is 0.456 e. The molecule has 0 atom stereocenters. The average Bonchev–Trinajstić information content (AvgIpc) is 3.61. The van der Waals surface area contributed by atoms with Crippen LogP contribution in [0.3, 0.4) is 0 Å². The van der Waals surface area contributed by atoms with Crippen LogP contribution in [-0.4, -0.2) is 6.71 Å². The topological polar surface area (TPSA) is 19.6 Å². The van der Waals surface area contributed by atoms with Crippen LogP contribution in [0.25, 0.3) is 33.1 Å². The van der Waals surface area contributed by atoms with E-state index in [1.165, 1.54) is 72.6 Å². The van der Waals surface area contributed by atoms with Crippen LogP contribution < -0.4 is 26.2 Å². The lowest BCUT2D eigenvalue weighted by Crippen LogP contribution is -2.61. The first-order chi connectivity index (χ1) is 29.3. The molecular formula is C58H59BN2O. The molecule has 3 nitrogen and oxygen atoms in total. The normalized spacial score (nSPS) is 14.0. The molecule has 0 N–H and O–H groups in total. The van der Waals surface area contributed by atoms with Gasteiger partial charge in [-0.05, 0) is 132 Å². The predicted molar refractivity (Wildman–Crippen MR) is 268 cm³/mol. The third-order valence-corrected chi connectivity index (χ3v) is 13.5. The van der Waals surface area contributed by atoms with Crippen molar-refractivity contribution in [2.45, 2.75) is 105 Å². The van der Waals surface area contributed by atoms with Crippen molar-refractivity contribution in [3.8, 4) is 11.1 Å². The van der Waals surface area contributed by atoms with Crippen LogP contribution >= 0.6 is 0 Å². The lowest BCUT2D eigenvalue weighted by molar-refractivity contribution is 0.589. The van der Waals surface area contributed by atoms with Crippen molar-refractivity contribution in [1.29, 1.82) is 0 Å². The Kier molecular flexibility index (Phi) is 8.89.